The number of methoxy groups -OCH3 is 1. The summed E-state index contributed by atoms with van der Waals surface area (Å²) in [5.41, 5.74) is 2.58. The van der Waals surface area contributed by atoms with Crippen molar-refractivity contribution in [1.82, 2.24) is 19.5 Å². The highest BCUT2D eigenvalue weighted by Crippen LogP contribution is 2.43. The van der Waals surface area contributed by atoms with E-state index in [4.69, 9.17) is 19.2 Å². The number of imidazole rings is 1. The van der Waals surface area contributed by atoms with Crippen molar-refractivity contribution in [2.24, 2.45) is 5.92 Å². The molecule has 2 saturated heterocycles. The van der Waals surface area contributed by atoms with Crippen LogP contribution in [0.15, 0.2) is 36.9 Å². The summed E-state index contributed by atoms with van der Waals surface area (Å²) >= 11 is 0. The maximum absolute atomic E-state index is 13.9. The Bertz CT molecular complexity index is 1330. The van der Waals surface area contributed by atoms with E-state index in [0.29, 0.717) is 43.8 Å². The molecule has 3 aliphatic heterocycles. The molecule has 11 heteroatoms. The fourth-order valence-corrected chi connectivity index (χ4v) is 5.58. The molecule has 0 saturated carbocycles. The van der Waals surface area contributed by atoms with E-state index < -0.39 is 5.54 Å². The molecule has 1 N–H and O–H groups in total. The number of likely N-dealkylation sites (N-methyl/N-ethyl adjacent to an activating group) is 1. The van der Waals surface area contributed by atoms with Crippen molar-refractivity contribution in [2.75, 3.05) is 62.2 Å². The van der Waals surface area contributed by atoms with Crippen molar-refractivity contribution in [3.8, 4) is 11.4 Å². The van der Waals surface area contributed by atoms with Crippen LogP contribution >= 0.6 is 0 Å². The molecule has 3 aliphatic rings. The Hall–Kier alpha value is -3.70. The first-order valence-corrected chi connectivity index (χ1v) is 13.0. The quantitative estimate of drug-likeness (QED) is 0.526. The van der Waals surface area contributed by atoms with Gasteiger partial charge in [0.2, 0.25) is 5.95 Å². The lowest BCUT2D eigenvalue weighted by atomic mass is 9.90. The largest absolute Gasteiger partial charge is 0.494 e. The summed E-state index contributed by atoms with van der Waals surface area (Å²) in [6.07, 6.45) is 7.97. The molecule has 5 heterocycles. The molecule has 200 valence electrons. The highest BCUT2D eigenvalue weighted by molar-refractivity contribution is 6.08. The summed E-state index contributed by atoms with van der Waals surface area (Å²) in [7, 11) is 3.57. The lowest BCUT2D eigenvalue weighted by Gasteiger charge is -2.47. The van der Waals surface area contributed by atoms with Crippen LogP contribution in [-0.4, -0.2) is 78.1 Å². The van der Waals surface area contributed by atoms with E-state index >= 15 is 0 Å². The minimum atomic E-state index is -0.752. The van der Waals surface area contributed by atoms with E-state index in [0.717, 1.165) is 54.6 Å². The van der Waals surface area contributed by atoms with Gasteiger partial charge >= 0.3 is 0 Å². The maximum Gasteiger partial charge on any atom is 0.255 e. The first-order valence-electron chi connectivity index (χ1n) is 13.0. The molecule has 3 aromatic rings. The number of anilines is 4. The van der Waals surface area contributed by atoms with Gasteiger partial charge < -0.3 is 33.9 Å². The number of carbonyl (C=O) groups excluding carboxylic acids is 1. The van der Waals surface area contributed by atoms with Crippen LogP contribution in [0.4, 0.5) is 23.1 Å². The zero-order valence-corrected chi connectivity index (χ0v) is 22.0. The smallest absolute Gasteiger partial charge is 0.255 e. The van der Waals surface area contributed by atoms with Crippen LogP contribution in [0.25, 0.3) is 5.69 Å². The van der Waals surface area contributed by atoms with Gasteiger partial charge in [0.15, 0.2) is 5.82 Å². The van der Waals surface area contributed by atoms with E-state index in [2.05, 4.69) is 15.3 Å². The molecule has 11 nitrogen and oxygen atoms in total. The maximum atomic E-state index is 13.9. The Balaban J connectivity index is 1.31. The minimum Gasteiger partial charge on any atom is -0.494 e. The third-order valence-electron chi connectivity index (χ3n) is 7.85. The molecular formula is C27H33N7O4. The van der Waals surface area contributed by atoms with E-state index in [1.807, 2.05) is 52.7 Å². The fourth-order valence-electron chi connectivity index (χ4n) is 5.58. The van der Waals surface area contributed by atoms with Crippen LogP contribution in [0.3, 0.4) is 0 Å². The van der Waals surface area contributed by atoms with Gasteiger partial charge in [0, 0.05) is 57.8 Å². The first kappa shape index (κ1) is 24.6. The topological polar surface area (TPSA) is 107 Å². The van der Waals surface area contributed by atoms with Gasteiger partial charge in [0.05, 0.1) is 37.6 Å². The molecule has 2 aromatic heterocycles. The first-order chi connectivity index (χ1) is 18.5. The number of nitrogens with zero attached hydrogens (tertiary/aromatic N) is 6. The number of fused-ring (bicyclic) bond motifs is 1. The zero-order chi connectivity index (χ0) is 26.3. The van der Waals surface area contributed by atoms with Crippen LogP contribution in [0.2, 0.25) is 0 Å². The third-order valence-corrected chi connectivity index (χ3v) is 7.85. The molecule has 2 fully saturated rings. The van der Waals surface area contributed by atoms with Crippen LogP contribution in [0.1, 0.15) is 25.0 Å². The summed E-state index contributed by atoms with van der Waals surface area (Å²) < 4.78 is 18.9. The molecule has 1 aromatic carbocycles. The monoisotopic (exact) mass is 519 g/mol. The average Bonchev–Trinajstić information content (AvgIpc) is 3.61. The van der Waals surface area contributed by atoms with Gasteiger partial charge in [-0.25, -0.2) is 9.97 Å². The van der Waals surface area contributed by atoms with Gasteiger partial charge in [0.25, 0.3) is 5.91 Å². The molecule has 1 spiro atoms. The van der Waals surface area contributed by atoms with Gasteiger partial charge in [-0.05, 0) is 37.8 Å². The normalized spacial score (nSPS) is 21.7. The lowest BCUT2D eigenvalue weighted by Crippen LogP contribution is -2.64. The fraction of sp³-hybridized carbons (Fsp3) is 0.481. The molecule has 1 amide bonds. The van der Waals surface area contributed by atoms with E-state index in [-0.39, 0.29) is 5.91 Å². The van der Waals surface area contributed by atoms with Gasteiger partial charge in [-0.15, -0.1) is 0 Å². The predicted molar refractivity (Wildman–Crippen MR) is 143 cm³/mol. The van der Waals surface area contributed by atoms with E-state index in [1.165, 1.54) is 0 Å². The summed E-state index contributed by atoms with van der Waals surface area (Å²) in [6, 6.07) is 5.82. The SMILES string of the molecule is COc1cc(Nc2ncc3c(n2)N(C)C2(CCOC2)C(=O)N3CC2CCOCC2)ccc1-n1cnc(C)c1. The van der Waals surface area contributed by atoms with Gasteiger partial charge in [-0.2, -0.15) is 4.98 Å². The second kappa shape index (κ2) is 9.88. The van der Waals surface area contributed by atoms with Crippen LogP contribution in [0, 0.1) is 12.8 Å². The second-order valence-electron chi connectivity index (χ2n) is 10.2. The molecule has 0 radical (unpaired) electrons. The molecule has 0 bridgehead atoms. The number of hydrogen-bond donors (Lipinski definition) is 1. The average molecular weight is 520 g/mol. The molecule has 1 atom stereocenters. The molecule has 38 heavy (non-hydrogen) atoms. The van der Waals surface area contributed by atoms with E-state index in [9.17, 15) is 4.79 Å². The summed E-state index contributed by atoms with van der Waals surface area (Å²) in [5.74, 6) is 2.30. The van der Waals surface area contributed by atoms with Crippen molar-refractivity contribution in [3.63, 3.8) is 0 Å². The number of benzene rings is 1. The van der Waals surface area contributed by atoms with Crippen LogP contribution < -0.4 is 19.9 Å². The molecule has 6 rings (SSSR count). The standard InChI is InChI=1S/C27H33N7O4/c1-18-14-33(17-29-18)21-5-4-20(12-23(21)36-3)30-26-28-13-22-24(31-26)32(2)27(8-11-38-16-27)25(35)34(22)15-19-6-9-37-10-7-19/h4-5,12-14,17,19H,6-11,15-16H2,1-3H3,(H,28,30,31). The Labute approximate surface area is 221 Å². The van der Waals surface area contributed by atoms with Crippen LogP contribution in [-0.2, 0) is 14.3 Å². The lowest BCUT2D eigenvalue weighted by molar-refractivity contribution is -0.124. The summed E-state index contributed by atoms with van der Waals surface area (Å²) in [4.78, 5) is 31.5. The Morgan fingerprint density at radius 1 is 1.16 bits per heavy atom. The van der Waals surface area contributed by atoms with Crippen molar-refractivity contribution in [1.29, 1.82) is 0 Å². The molecule has 0 aliphatic carbocycles. The van der Waals surface area contributed by atoms with Crippen molar-refractivity contribution in [2.45, 2.75) is 31.7 Å². The molecular weight excluding hydrogens is 486 g/mol. The third kappa shape index (κ3) is 4.25. The van der Waals surface area contributed by atoms with Crippen molar-refractivity contribution >= 4 is 29.0 Å². The number of nitrogens with one attached hydrogen (secondary N) is 1. The number of amides is 1. The highest BCUT2D eigenvalue weighted by atomic mass is 16.5. The van der Waals surface area contributed by atoms with Gasteiger partial charge in [0.1, 0.15) is 17.0 Å². The Kier molecular flexibility index (Phi) is 6.40. The number of aryl methyl sites for hydroxylation is 1. The number of carbonyl (C=O) groups is 1. The second-order valence-corrected chi connectivity index (χ2v) is 10.2. The minimum absolute atomic E-state index is 0.0656. The highest BCUT2D eigenvalue weighted by Gasteiger charge is 2.53. The predicted octanol–water partition coefficient (Wildman–Crippen LogP) is 3.09. The van der Waals surface area contributed by atoms with Crippen molar-refractivity contribution < 1.29 is 19.0 Å². The number of ether oxygens (including phenoxy) is 3. The Morgan fingerprint density at radius 3 is 2.71 bits per heavy atom. The summed E-state index contributed by atoms with van der Waals surface area (Å²) in [5, 5.41) is 3.31. The van der Waals surface area contributed by atoms with Gasteiger partial charge in [-0.3, -0.25) is 4.79 Å². The number of aromatic nitrogens is 4. The number of rotatable bonds is 6. The molecule has 1 unspecified atom stereocenters. The van der Waals surface area contributed by atoms with Crippen molar-refractivity contribution in [3.05, 3.63) is 42.6 Å². The zero-order valence-electron chi connectivity index (χ0n) is 22.0. The summed E-state index contributed by atoms with van der Waals surface area (Å²) in [6.45, 7) is 4.95. The van der Waals surface area contributed by atoms with Crippen LogP contribution in [0.5, 0.6) is 5.75 Å². The van der Waals surface area contributed by atoms with Gasteiger partial charge in [-0.1, -0.05) is 0 Å². The number of hydrogen-bond acceptors (Lipinski definition) is 9. The Morgan fingerprint density at radius 2 is 2.00 bits per heavy atom. The van der Waals surface area contributed by atoms with E-state index in [1.54, 1.807) is 19.6 Å².